The van der Waals surface area contributed by atoms with Crippen LogP contribution in [0.5, 0.6) is 0 Å². The maximum atomic E-state index is 11.2. The molecule has 0 aromatic heterocycles. The third kappa shape index (κ3) is 4.97. The number of carbonyl (C=O) groups excluding carboxylic acids is 1. The molecule has 0 aliphatic rings. The number of alkyl halides is 1. The summed E-state index contributed by atoms with van der Waals surface area (Å²) in [6.07, 6.45) is 1.65. The van der Waals surface area contributed by atoms with E-state index in [1.807, 2.05) is 38.1 Å². The van der Waals surface area contributed by atoms with Gasteiger partial charge in [-0.1, -0.05) is 29.8 Å². The highest BCUT2D eigenvalue weighted by Gasteiger charge is 2.19. The van der Waals surface area contributed by atoms with Crippen molar-refractivity contribution in [3.05, 3.63) is 34.9 Å². The van der Waals surface area contributed by atoms with E-state index in [0.717, 1.165) is 23.4 Å². The first-order chi connectivity index (χ1) is 7.94. The van der Waals surface area contributed by atoms with E-state index in [0.29, 0.717) is 0 Å². The van der Waals surface area contributed by atoms with Crippen molar-refractivity contribution in [2.24, 2.45) is 0 Å². The fourth-order valence-electron chi connectivity index (χ4n) is 1.62. The standard InChI is InChI=1S/C13H17Cl2NO/c1-13(2,16-12(17)9-14)8-7-10-5-3-4-6-11(10)15/h3-6H,7-9H2,1-2H3,(H,16,17). The van der Waals surface area contributed by atoms with Crippen molar-refractivity contribution >= 4 is 29.1 Å². The normalized spacial score (nSPS) is 11.3. The Morgan fingerprint density at radius 3 is 2.59 bits per heavy atom. The van der Waals surface area contributed by atoms with Crippen molar-refractivity contribution < 1.29 is 4.79 Å². The van der Waals surface area contributed by atoms with Crippen LogP contribution in [-0.4, -0.2) is 17.3 Å². The van der Waals surface area contributed by atoms with Crippen LogP contribution in [0.3, 0.4) is 0 Å². The number of carbonyl (C=O) groups is 1. The van der Waals surface area contributed by atoms with Gasteiger partial charge in [-0.15, -0.1) is 11.6 Å². The zero-order valence-electron chi connectivity index (χ0n) is 10.1. The number of hydrogen-bond acceptors (Lipinski definition) is 1. The smallest absolute Gasteiger partial charge is 0.235 e. The third-order valence-corrected chi connectivity index (χ3v) is 3.19. The lowest BCUT2D eigenvalue weighted by Crippen LogP contribution is -2.44. The van der Waals surface area contributed by atoms with Gasteiger partial charge in [0.25, 0.3) is 0 Å². The summed E-state index contributed by atoms with van der Waals surface area (Å²) in [5.74, 6) is -0.147. The Morgan fingerprint density at radius 1 is 1.35 bits per heavy atom. The number of hydrogen-bond donors (Lipinski definition) is 1. The maximum absolute atomic E-state index is 11.2. The van der Waals surface area contributed by atoms with Crippen LogP contribution in [0.15, 0.2) is 24.3 Å². The summed E-state index contributed by atoms with van der Waals surface area (Å²) < 4.78 is 0. The van der Waals surface area contributed by atoms with Gasteiger partial charge in [-0.2, -0.15) is 0 Å². The number of nitrogens with one attached hydrogen (secondary N) is 1. The zero-order valence-corrected chi connectivity index (χ0v) is 11.6. The van der Waals surface area contributed by atoms with Crippen molar-refractivity contribution in [1.29, 1.82) is 0 Å². The molecule has 2 nitrogen and oxygen atoms in total. The van der Waals surface area contributed by atoms with Crippen molar-refractivity contribution in [3.8, 4) is 0 Å². The first-order valence-corrected chi connectivity index (χ1v) is 6.46. The summed E-state index contributed by atoms with van der Waals surface area (Å²) in [6, 6.07) is 7.75. The molecule has 0 radical (unpaired) electrons. The molecule has 1 rings (SSSR count). The zero-order chi connectivity index (χ0) is 12.9. The van der Waals surface area contributed by atoms with E-state index in [1.165, 1.54) is 0 Å². The van der Waals surface area contributed by atoms with E-state index in [1.54, 1.807) is 0 Å². The van der Waals surface area contributed by atoms with Gasteiger partial charge in [0.1, 0.15) is 5.88 Å². The van der Waals surface area contributed by atoms with Crippen LogP contribution in [-0.2, 0) is 11.2 Å². The minimum atomic E-state index is -0.273. The third-order valence-electron chi connectivity index (χ3n) is 2.58. The number of rotatable bonds is 5. The van der Waals surface area contributed by atoms with Crippen molar-refractivity contribution in [1.82, 2.24) is 5.32 Å². The Labute approximate surface area is 112 Å². The lowest BCUT2D eigenvalue weighted by molar-refractivity contribution is -0.120. The Morgan fingerprint density at radius 2 is 2.00 bits per heavy atom. The predicted molar refractivity (Wildman–Crippen MR) is 72.7 cm³/mol. The predicted octanol–water partition coefficient (Wildman–Crippen LogP) is 3.41. The minimum absolute atomic E-state index is 0.00444. The van der Waals surface area contributed by atoms with Gasteiger partial charge in [0.05, 0.1) is 0 Å². The Kier molecular flexibility index (Phi) is 5.29. The molecule has 1 N–H and O–H groups in total. The molecule has 1 aromatic carbocycles. The molecule has 0 bridgehead atoms. The maximum Gasteiger partial charge on any atom is 0.235 e. The second kappa shape index (κ2) is 6.27. The SMILES string of the molecule is CC(C)(CCc1ccccc1Cl)NC(=O)CCl. The second-order valence-electron chi connectivity index (χ2n) is 4.66. The number of aryl methyl sites for hydroxylation is 1. The highest BCUT2D eigenvalue weighted by atomic mass is 35.5. The van der Waals surface area contributed by atoms with E-state index in [9.17, 15) is 4.79 Å². The summed E-state index contributed by atoms with van der Waals surface area (Å²) in [5.41, 5.74) is 0.827. The largest absolute Gasteiger partial charge is 0.350 e. The average Bonchev–Trinajstić information content (AvgIpc) is 2.27. The Hall–Kier alpha value is -0.730. The second-order valence-corrected chi connectivity index (χ2v) is 5.33. The van der Waals surface area contributed by atoms with Crippen LogP contribution in [0.1, 0.15) is 25.8 Å². The van der Waals surface area contributed by atoms with Gasteiger partial charge in [-0.3, -0.25) is 4.79 Å². The molecule has 0 heterocycles. The summed E-state index contributed by atoms with van der Waals surface area (Å²) in [7, 11) is 0. The van der Waals surface area contributed by atoms with Crippen molar-refractivity contribution in [3.63, 3.8) is 0 Å². The molecule has 0 spiro atoms. The van der Waals surface area contributed by atoms with Gasteiger partial charge in [-0.05, 0) is 38.3 Å². The summed E-state index contributed by atoms with van der Waals surface area (Å²) in [5, 5.41) is 3.65. The average molecular weight is 274 g/mol. The van der Waals surface area contributed by atoms with Gasteiger partial charge in [0.2, 0.25) is 5.91 Å². The molecule has 0 saturated carbocycles. The molecular formula is C13H17Cl2NO. The first-order valence-electron chi connectivity index (χ1n) is 5.55. The molecule has 0 aliphatic carbocycles. The molecule has 1 amide bonds. The van der Waals surface area contributed by atoms with Gasteiger partial charge < -0.3 is 5.32 Å². The molecule has 0 atom stereocenters. The van der Waals surface area contributed by atoms with Gasteiger partial charge in [0.15, 0.2) is 0 Å². The molecule has 4 heteroatoms. The molecular weight excluding hydrogens is 257 g/mol. The minimum Gasteiger partial charge on any atom is -0.350 e. The first kappa shape index (κ1) is 14.3. The number of benzene rings is 1. The quantitative estimate of drug-likeness (QED) is 0.819. The van der Waals surface area contributed by atoms with E-state index in [4.69, 9.17) is 23.2 Å². The summed E-state index contributed by atoms with van der Waals surface area (Å²) >= 11 is 11.5. The summed E-state index contributed by atoms with van der Waals surface area (Å²) in [6.45, 7) is 3.96. The number of amides is 1. The lowest BCUT2D eigenvalue weighted by Gasteiger charge is -2.26. The van der Waals surface area contributed by atoms with Crippen LogP contribution >= 0.6 is 23.2 Å². The molecule has 0 aliphatic heterocycles. The van der Waals surface area contributed by atoms with Gasteiger partial charge in [-0.25, -0.2) is 0 Å². The van der Waals surface area contributed by atoms with Crippen LogP contribution in [0, 0.1) is 0 Å². The lowest BCUT2D eigenvalue weighted by atomic mass is 9.95. The van der Waals surface area contributed by atoms with Crippen LogP contribution in [0.4, 0.5) is 0 Å². The summed E-state index contributed by atoms with van der Waals surface area (Å²) in [4.78, 5) is 11.2. The molecule has 0 saturated heterocycles. The van der Waals surface area contributed by atoms with E-state index < -0.39 is 0 Å². The van der Waals surface area contributed by atoms with Gasteiger partial charge in [0, 0.05) is 10.6 Å². The molecule has 1 aromatic rings. The topological polar surface area (TPSA) is 29.1 Å². The molecule has 0 unspecified atom stereocenters. The van der Waals surface area contributed by atoms with E-state index in [2.05, 4.69) is 5.32 Å². The molecule has 0 fully saturated rings. The highest BCUT2D eigenvalue weighted by Crippen LogP contribution is 2.20. The highest BCUT2D eigenvalue weighted by molar-refractivity contribution is 6.31. The fourth-order valence-corrected chi connectivity index (χ4v) is 1.92. The van der Waals surface area contributed by atoms with Crippen LogP contribution in [0.2, 0.25) is 5.02 Å². The monoisotopic (exact) mass is 273 g/mol. The number of halogens is 2. The molecule has 94 valence electrons. The Balaban J connectivity index is 2.55. The van der Waals surface area contributed by atoms with E-state index >= 15 is 0 Å². The van der Waals surface area contributed by atoms with Crippen molar-refractivity contribution in [2.45, 2.75) is 32.2 Å². The molecule has 17 heavy (non-hydrogen) atoms. The van der Waals surface area contributed by atoms with Gasteiger partial charge >= 0.3 is 0 Å². The van der Waals surface area contributed by atoms with Crippen molar-refractivity contribution in [2.75, 3.05) is 5.88 Å². The van der Waals surface area contributed by atoms with Crippen LogP contribution < -0.4 is 5.32 Å². The fraction of sp³-hybridized carbons (Fsp3) is 0.462. The van der Waals surface area contributed by atoms with E-state index in [-0.39, 0.29) is 17.3 Å². The Bertz CT molecular complexity index is 391. The van der Waals surface area contributed by atoms with Crippen LogP contribution in [0.25, 0.3) is 0 Å².